The highest BCUT2D eigenvalue weighted by atomic mass is 16.5. The average molecular weight is 435 g/mol. The van der Waals surface area contributed by atoms with Crippen molar-refractivity contribution in [2.75, 3.05) is 51.2 Å². The highest BCUT2D eigenvalue weighted by molar-refractivity contribution is 5.92. The minimum Gasteiger partial charge on any atom is -0.493 e. The van der Waals surface area contributed by atoms with Crippen LogP contribution in [0.5, 0.6) is 11.5 Å². The quantitative estimate of drug-likeness (QED) is 0.634. The summed E-state index contributed by atoms with van der Waals surface area (Å²) in [5, 5.41) is 12.6. The minimum atomic E-state index is -0.950. The Labute approximate surface area is 188 Å². The van der Waals surface area contributed by atoms with E-state index in [-0.39, 0.29) is 0 Å². The first-order chi connectivity index (χ1) is 15.4. The van der Waals surface area contributed by atoms with Crippen LogP contribution in [0.2, 0.25) is 0 Å². The normalized spacial score (nSPS) is 20.6. The summed E-state index contributed by atoms with van der Waals surface area (Å²) in [5.74, 6) is 3.46. The zero-order chi connectivity index (χ0) is 22.5. The smallest absolute Gasteiger partial charge is 0.162 e. The molecule has 2 heterocycles. The first-order valence-electron chi connectivity index (χ1n) is 11.1. The summed E-state index contributed by atoms with van der Waals surface area (Å²) in [6, 6.07) is 12.0. The van der Waals surface area contributed by atoms with Crippen LogP contribution in [0.4, 0.5) is 11.5 Å². The van der Waals surface area contributed by atoms with E-state index < -0.39 is 5.60 Å². The van der Waals surface area contributed by atoms with Crippen LogP contribution in [0.1, 0.15) is 36.6 Å². The fraction of sp³-hybridized carbons (Fsp3) is 0.440. The molecule has 1 saturated carbocycles. The number of anilines is 2. The zero-order valence-corrected chi connectivity index (χ0v) is 19.1. The Bertz CT molecular complexity index is 1160. The molecule has 2 aromatic carbocycles. The summed E-state index contributed by atoms with van der Waals surface area (Å²) >= 11 is 0. The summed E-state index contributed by atoms with van der Waals surface area (Å²) < 4.78 is 11.1. The fourth-order valence-electron chi connectivity index (χ4n) is 4.67. The van der Waals surface area contributed by atoms with E-state index in [9.17, 15) is 5.11 Å². The molecule has 1 unspecified atom stereocenters. The number of β-amino-alcohol motifs (C(OH)–C–C–N with tert-alkyl or cyclic N) is 1. The van der Waals surface area contributed by atoms with E-state index in [1.54, 1.807) is 14.2 Å². The van der Waals surface area contributed by atoms with Crippen molar-refractivity contribution >= 4 is 22.4 Å². The zero-order valence-electron chi connectivity index (χ0n) is 19.1. The lowest BCUT2D eigenvalue weighted by Gasteiger charge is -2.29. The Hall–Kier alpha value is -3.06. The highest BCUT2D eigenvalue weighted by Crippen LogP contribution is 2.44. The molecule has 2 aliphatic rings. The number of ether oxygens (including phenoxy) is 2. The van der Waals surface area contributed by atoms with Crippen molar-refractivity contribution in [1.29, 1.82) is 0 Å². The molecule has 7 heteroatoms. The molecule has 0 spiro atoms. The SMILES string of the molecule is COc1cc2nc(C3CC3)nc(N3CCC(O)(c4ccccc4N(C)C)C3)c2cc1OC. The van der Waals surface area contributed by atoms with Gasteiger partial charge in [0.25, 0.3) is 0 Å². The highest BCUT2D eigenvalue weighted by Gasteiger charge is 2.41. The van der Waals surface area contributed by atoms with Gasteiger partial charge in [-0.15, -0.1) is 0 Å². The molecule has 1 aliphatic carbocycles. The van der Waals surface area contributed by atoms with Crippen LogP contribution >= 0.6 is 0 Å². The standard InChI is InChI=1S/C25H30N4O3/c1-28(2)20-8-6-5-7-18(20)25(30)11-12-29(15-25)24-17-13-21(31-3)22(32-4)14-19(17)26-23(27-24)16-9-10-16/h5-8,13-14,16,30H,9-12,15H2,1-4H3. The van der Waals surface area contributed by atoms with Gasteiger partial charge in [0.15, 0.2) is 11.5 Å². The van der Waals surface area contributed by atoms with Gasteiger partial charge in [-0.25, -0.2) is 9.97 Å². The second-order valence-electron chi connectivity index (χ2n) is 9.02. The molecule has 1 aromatic heterocycles. The van der Waals surface area contributed by atoms with Crippen LogP contribution in [0, 0.1) is 0 Å². The van der Waals surface area contributed by atoms with Gasteiger partial charge in [-0.3, -0.25) is 0 Å². The van der Waals surface area contributed by atoms with Crippen LogP contribution in [-0.2, 0) is 5.60 Å². The number of rotatable bonds is 6. The predicted molar refractivity (Wildman–Crippen MR) is 126 cm³/mol. The van der Waals surface area contributed by atoms with Crippen molar-refractivity contribution in [2.24, 2.45) is 0 Å². The largest absolute Gasteiger partial charge is 0.493 e. The third kappa shape index (κ3) is 3.50. The monoisotopic (exact) mass is 434 g/mol. The van der Waals surface area contributed by atoms with Gasteiger partial charge in [0, 0.05) is 49.3 Å². The molecule has 0 bridgehead atoms. The van der Waals surface area contributed by atoms with Crippen LogP contribution in [-0.4, -0.2) is 56.5 Å². The van der Waals surface area contributed by atoms with Gasteiger partial charge < -0.3 is 24.4 Å². The molecule has 3 aromatic rings. The first kappa shape index (κ1) is 20.8. The Balaban J connectivity index is 1.59. The van der Waals surface area contributed by atoms with Gasteiger partial charge in [-0.1, -0.05) is 18.2 Å². The number of benzene rings is 2. The summed E-state index contributed by atoms with van der Waals surface area (Å²) in [5.41, 5.74) is 1.88. The van der Waals surface area contributed by atoms with Gasteiger partial charge >= 0.3 is 0 Å². The van der Waals surface area contributed by atoms with Crippen LogP contribution < -0.4 is 19.3 Å². The maximum absolute atomic E-state index is 11.7. The Kier molecular flexibility index (Phi) is 5.08. The van der Waals surface area contributed by atoms with Crippen molar-refractivity contribution in [2.45, 2.75) is 30.8 Å². The van der Waals surface area contributed by atoms with E-state index in [4.69, 9.17) is 19.4 Å². The number of aliphatic hydroxyl groups is 1. The lowest BCUT2D eigenvalue weighted by Crippen LogP contribution is -2.33. The molecule has 5 rings (SSSR count). The molecule has 7 nitrogen and oxygen atoms in total. The number of hydrogen-bond acceptors (Lipinski definition) is 7. The van der Waals surface area contributed by atoms with Crippen LogP contribution in [0.3, 0.4) is 0 Å². The Morgan fingerprint density at radius 2 is 1.78 bits per heavy atom. The average Bonchev–Trinajstić information content (AvgIpc) is 3.59. The van der Waals surface area contributed by atoms with E-state index >= 15 is 0 Å². The van der Waals surface area contributed by atoms with E-state index in [1.165, 1.54) is 0 Å². The molecule has 1 aliphatic heterocycles. The molecule has 32 heavy (non-hydrogen) atoms. The topological polar surface area (TPSA) is 71.0 Å². The summed E-state index contributed by atoms with van der Waals surface area (Å²) in [6.07, 6.45) is 2.88. The van der Waals surface area contributed by atoms with Gasteiger partial charge in [0.05, 0.1) is 26.3 Å². The molecule has 2 fully saturated rings. The minimum absolute atomic E-state index is 0.419. The third-order valence-electron chi connectivity index (χ3n) is 6.58. The third-order valence-corrected chi connectivity index (χ3v) is 6.58. The summed E-state index contributed by atoms with van der Waals surface area (Å²) in [6.45, 7) is 1.19. The lowest BCUT2D eigenvalue weighted by molar-refractivity contribution is 0.0611. The Morgan fingerprint density at radius 1 is 1.06 bits per heavy atom. The summed E-state index contributed by atoms with van der Waals surface area (Å²) in [7, 11) is 7.29. The number of para-hydroxylation sites is 1. The maximum Gasteiger partial charge on any atom is 0.162 e. The van der Waals surface area contributed by atoms with Gasteiger partial charge in [-0.05, 0) is 31.4 Å². The lowest BCUT2D eigenvalue weighted by atomic mass is 9.91. The molecule has 1 N–H and O–H groups in total. The van der Waals surface area contributed by atoms with Crippen molar-refractivity contribution in [3.8, 4) is 11.5 Å². The van der Waals surface area contributed by atoms with Crippen molar-refractivity contribution in [3.05, 3.63) is 47.8 Å². The molecular formula is C25H30N4O3. The molecule has 0 radical (unpaired) electrons. The molecular weight excluding hydrogens is 404 g/mol. The first-order valence-corrected chi connectivity index (χ1v) is 11.1. The fourth-order valence-corrected chi connectivity index (χ4v) is 4.67. The predicted octanol–water partition coefficient (Wildman–Crippen LogP) is 3.69. The van der Waals surface area contributed by atoms with E-state index in [0.717, 1.165) is 46.6 Å². The van der Waals surface area contributed by atoms with E-state index in [0.29, 0.717) is 36.9 Å². The molecule has 0 amide bonds. The van der Waals surface area contributed by atoms with Crippen LogP contribution in [0.15, 0.2) is 36.4 Å². The number of fused-ring (bicyclic) bond motifs is 1. The second-order valence-corrected chi connectivity index (χ2v) is 9.02. The van der Waals surface area contributed by atoms with Gasteiger partial charge in [-0.2, -0.15) is 0 Å². The maximum atomic E-state index is 11.7. The molecule has 168 valence electrons. The van der Waals surface area contributed by atoms with Crippen molar-refractivity contribution in [1.82, 2.24) is 9.97 Å². The van der Waals surface area contributed by atoms with Crippen molar-refractivity contribution in [3.63, 3.8) is 0 Å². The van der Waals surface area contributed by atoms with Gasteiger partial charge in [0.1, 0.15) is 17.2 Å². The second kappa shape index (κ2) is 7.81. The van der Waals surface area contributed by atoms with E-state index in [2.05, 4.69) is 15.9 Å². The van der Waals surface area contributed by atoms with Crippen molar-refractivity contribution < 1.29 is 14.6 Å². The number of aromatic nitrogens is 2. The Morgan fingerprint density at radius 3 is 2.47 bits per heavy atom. The number of nitrogens with zero attached hydrogens (tertiary/aromatic N) is 4. The summed E-state index contributed by atoms with van der Waals surface area (Å²) in [4.78, 5) is 14.1. The molecule has 1 saturated heterocycles. The number of methoxy groups -OCH3 is 2. The molecule has 1 atom stereocenters. The van der Waals surface area contributed by atoms with E-state index in [1.807, 2.05) is 44.4 Å². The van der Waals surface area contributed by atoms with Crippen LogP contribution in [0.25, 0.3) is 10.9 Å². The number of hydrogen-bond donors (Lipinski definition) is 1. The van der Waals surface area contributed by atoms with Gasteiger partial charge in [0.2, 0.25) is 0 Å².